The van der Waals surface area contributed by atoms with Gasteiger partial charge in [0.15, 0.2) is 0 Å². The molecule has 0 aliphatic carbocycles. The highest BCUT2D eigenvalue weighted by Gasteiger charge is 2.34. The van der Waals surface area contributed by atoms with Crippen LogP contribution in [0.3, 0.4) is 0 Å². The maximum Gasteiger partial charge on any atom is 0.0714 e. The predicted octanol–water partition coefficient (Wildman–Crippen LogP) is 2.69. The van der Waals surface area contributed by atoms with Crippen molar-refractivity contribution in [2.24, 2.45) is 0 Å². The van der Waals surface area contributed by atoms with Gasteiger partial charge in [0, 0.05) is 19.0 Å². The zero-order valence-corrected chi connectivity index (χ0v) is 12.0. The molecule has 2 rings (SSSR count). The summed E-state index contributed by atoms with van der Waals surface area (Å²) in [4.78, 5) is 2.33. The smallest absolute Gasteiger partial charge is 0.0714 e. The molecule has 0 aromatic heterocycles. The summed E-state index contributed by atoms with van der Waals surface area (Å²) in [7, 11) is 2.14. The Morgan fingerprint density at radius 2 is 2.06 bits per heavy atom. The molecule has 0 spiro atoms. The second kappa shape index (κ2) is 5.02. The molecule has 1 aromatic rings. The maximum absolute atomic E-state index is 10.7. The predicted molar refractivity (Wildman–Crippen MR) is 75.9 cm³/mol. The van der Waals surface area contributed by atoms with Crippen LogP contribution in [0, 0.1) is 13.8 Å². The van der Waals surface area contributed by atoms with Gasteiger partial charge in [-0.25, -0.2) is 0 Å². The number of hydrogen-bond acceptors (Lipinski definition) is 2. The zero-order chi connectivity index (χ0) is 13.3. The van der Waals surface area contributed by atoms with E-state index < -0.39 is 5.60 Å². The first-order valence-corrected chi connectivity index (χ1v) is 6.88. The normalized spacial score (nSPS) is 29.5. The van der Waals surface area contributed by atoms with Crippen molar-refractivity contribution in [1.82, 2.24) is 4.90 Å². The molecule has 18 heavy (non-hydrogen) atoms. The van der Waals surface area contributed by atoms with Crippen LogP contribution in [0.15, 0.2) is 18.2 Å². The second-order valence-electron chi connectivity index (χ2n) is 6.10. The molecule has 1 aliphatic rings. The quantitative estimate of drug-likeness (QED) is 0.868. The lowest BCUT2D eigenvalue weighted by Crippen LogP contribution is -2.48. The fraction of sp³-hybridized carbons (Fsp3) is 0.625. The van der Waals surface area contributed by atoms with Crippen LogP contribution in [0.1, 0.15) is 36.5 Å². The number of piperidine rings is 1. The highest BCUT2D eigenvalue weighted by Crippen LogP contribution is 2.29. The van der Waals surface area contributed by atoms with Crippen LogP contribution in [0.4, 0.5) is 0 Å². The van der Waals surface area contributed by atoms with E-state index in [0.29, 0.717) is 6.04 Å². The lowest BCUT2D eigenvalue weighted by molar-refractivity contribution is -0.0353. The summed E-state index contributed by atoms with van der Waals surface area (Å²) in [6.07, 6.45) is 2.53. The van der Waals surface area contributed by atoms with Crippen molar-refractivity contribution < 1.29 is 5.11 Å². The van der Waals surface area contributed by atoms with Crippen LogP contribution in [0.25, 0.3) is 0 Å². The number of aryl methyl sites for hydroxylation is 2. The Labute approximate surface area is 111 Å². The Hall–Kier alpha value is -0.860. The lowest BCUT2D eigenvalue weighted by atomic mass is 9.82. The van der Waals surface area contributed by atoms with Crippen molar-refractivity contribution in [3.8, 4) is 0 Å². The van der Waals surface area contributed by atoms with Crippen LogP contribution in [-0.4, -0.2) is 35.2 Å². The molecular formula is C16H25NO. The van der Waals surface area contributed by atoms with Crippen LogP contribution < -0.4 is 0 Å². The first kappa shape index (κ1) is 13.6. The fourth-order valence-corrected chi connectivity index (χ4v) is 2.87. The van der Waals surface area contributed by atoms with Crippen molar-refractivity contribution in [2.45, 2.75) is 51.7 Å². The topological polar surface area (TPSA) is 23.5 Å². The molecular weight excluding hydrogens is 222 g/mol. The molecule has 0 saturated carbocycles. The van der Waals surface area contributed by atoms with Gasteiger partial charge in [0.2, 0.25) is 0 Å². The van der Waals surface area contributed by atoms with E-state index in [1.165, 1.54) is 16.7 Å². The number of nitrogens with zero attached hydrogens (tertiary/aromatic N) is 1. The van der Waals surface area contributed by atoms with E-state index in [4.69, 9.17) is 0 Å². The Bertz CT molecular complexity index is 429. The van der Waals surface area contributed by atoms with Gasteiger partial charge in [0.25, 0.3) is 0 Å². The Morgan fingerprint density at radius 1 is 1.33 bits per heavy atom. The molecule has 100 valence electrons. The van der Waals surface area contributed by atoms with Crippen molar-refractivity contribution in [1.29, 1.82) is 0 Å². The average Bonchev–Trinajstić information content (AvgIpc) is 2.29. The fourth-order valence-electron chi connectivity index (χ4n) is 2.87. The summed E-state index contributed by atoms with van der Waals surface area (Å²) in [5.74, 6) is 0. The van der Waals surface area contributed by atoms with E-state index in [0.717, 1.165) is 25.8 Å². The van der Waals surface area contributed by atoms with Crippen LogP contribution in [0.5, 0.6) is 0 Å². The van der Waals surface area contributed by atoms with E-state index in [1.807, 2.05) is 0 Å². The summed E-state index contributed by atoms with van der Waals surface area (Å²) >= 11 is 0. The molecule has 1 heterocycles. The Balaban J connectivity index is 2.10. The lowest BCUT2D eigenvalue weighted by Gasteiger charge is -2.41. The minimum Gasteiger partial charge on any atom is -0.389 e. The van der Waals surface area contributed by atoms with E-state index in [1.54, 1.807) is 0 Å². The van der Waals surface area contributed by atoms with Gasteiger partial charge in [0.1, 0.15) is 0 Å². The molecule has 2 heteroatoms. The first-order valence-electron chi connectivity index (χ1n) is 6.88. The maximum atomic E-state index is 10.7. The van der Waals surface area contributed by atoms with E-state index in [9.17, 15) is 5.11 Å². The van der Waals surface area contributed by atoms with Crippen molar-refractivity contribution in [3.63, 3.8) is 0 Å². The number of likely N-dealkylation sites (tertiary alicyclic amines) is 1. The van der Waals surface area contributed by atoms with E-state index in [2.05, 4.69) is 50.9 Å². The molecule has 1 saturated heterocycles. The number of benzene rings is 1. The third-order valence-electron chi connectivity index (χ3n) is 4.46. The molecule has 0 radical (unpaired) electrons. The zero-order valence-electron chi connectivity index (χ0n) is 12.0. The molecule has 2 atom stereocenters. The summed E-state index contributed by atoms with van der Waals surface area (Å²) in [6, 6.07) is 7.00. The third kappa shape index (κ3) is 2.93. The van der Waals surface area contributed by atoms with Gasteiger partial charge in [-0.15, -0.1) is 0 Å². The van der Waals surface area contributed by atoms with Crippen LogP contribution in [-0.2, 0) is 6.42 Å². The molecule has 1 fully saturated rings. The number of hydrogen-bond donors (Lipinski definition) is 1. The summed E-state index contributed by atoms with van der Waals surface area (Å²) in [6.45, 7) is 7.46. The largest absolute Gasteiger partial charge is 0.389 e. The van der Waals surface area contributed by atoms with Gasteiger partial charge in [0.05, 0.1) is 5.60 Å². The molecule has 1 N–H and O–H groups in total. The minimum atomic E-state index is -0.520. The van der Waals surface area contributed by atoms with E-state index >= 15 is 0 Å². The Kier molecular flexibility index (Phi) is 3.79. The summed E-state index contributed by atoms with van der Waals surface area (Å²) < 4.78 is 0. The second-order valence-corrected chi connectivity index (χ2v) is 6.10. The molecule has 1 aromatic carbocycles. The van der Waals surface area contributed by atoms with Crippen LogP contribution in [0.2, 0.25) is 0 Å². The highest BCUT2D eigenvalue weighted by molar-refractivity contribution is 5.30. The SMILES string of the molecule is Cc1ccc(CC2(O)CCN(C)C(C)C2)cc1C. The standard InChI is InChI=1S/C16H25NO/c1-12-5-6-15(9-13(12)2)11-16(18)7-8-17(4)14(3)10-16/h5-6,9,14,18H,7-8,10-11H2,1-4H3. The van der Waals surface area contributed by atoms with Gasteiger partial charge >= 0.3 is 0 Å². The molecule has 2 unspecified atom stereocenters. The van der Waals surface area contributed by atoms with E-state index in [-0.39, 0.29) is 0 Å². The van der Waals surface area contributed by atoms with Gasteiger partial charge in [-0.2, -0.15) is 0 Å². The highest BCUT2D eigenvalue weighted by atomic mass is 16.3. The van der Waals surface area contributed by atoms with Crippen molar-refractivity contribution in [2.75, 3.05) is 13.6 Å². The van der Waals surface area contributed by atoms with Crippen molar-refractivity contribution in [3.05, 3.63) is 34.9 Å². The summed E-state index contributed by atoms with van der Waals surface area (Å²) in [5.41, 5.74) is 3.38. The van der Waals surface area contributed by atoms with Crippen LogP contribution >= 0.6 is 0 Å². The Morgan fingerprint density at radius 3 is 2.67 bits per heavy atom. The number of aliphatic hydroxyl groups is 1. The van der Waals surface area contributed by atoms with Gasteiger partial charge in [-0.3, -0.25) is 0 Å². The number of rotatable bonds is 2. The summed E-state index contributed by atoms with van der Waals surface area (Å²) in [5, 5.41) is 10.7. The molecule has 1 aliphatic heterocycles. The minimum absolute atomic E-state index is 0.468. The van der Waals surface area contributed by atoms with Gasteiger partial charge in [-0.1, -0.05) is 18.2 Å². The van der Waals surface area contributed by atoms with Crippen molar-refractivity contribution >= 4 is 0 Å². The molecule has 0 amide bonds. The van der Waals surface area contributed by atoms with Gasteiger partial charge in [-0.05, 0) is 57.4 Å². The monoisotopic (exact) mass is 247 g/mol. The molecule has 0 bridgehead atoms. The average molecular weight is 247 g/mol. The van der Waals surface area contributed by atoms with Gasteiger partial charge < -0.3 is 10.0 Å². The molecule has 2 nitrogen and oxygen atoms in total. The first-order chi connectivity index (χ1) is 8.39. The third-order valence-corrected chi connectivity index (χ3v) is 4.46.